The van der Waals surface area contributed by atoms with Gasteiger partial charge in [-0.2, -0.15) is 9.78 Å². The number of ether oxygens (including phenoxy) is 1. The van der Waals surface area contributed by atoms with Crippen molar-refractivity contribution >= 4 is 34.0 Å². The summed E-state index contributed by atoms with van der Waals surface area (Å²) in [4.78, 5) is 30.2. The van der Waals surface area contributed by atoms with Gasteiger partial charge in [-0.3, -0.25) is 4.79 Å². The lowest BCUT2D eigenvalue weighted by Crippen LogP contribution is -2.20. The van der Waals surface area contributed by atoms with Crippen LogP contribution in [0.5, 0.6) is 5.75 Å². The van der Waals surface area contributed by atoms with Gasteiger partial charge in [-0.05, 0) is 78.9 Å². The number of carboxylic acid groups (broad SMARTS) is 1. The monoisotopic (exact) mass is 598 g/mol. The Labute approximate surface area is 260 Å². The van der Waals surface area contributed by atoms with E-state index in [4.69, 9.17) is 14.8 Å². The zero-order valence-corrected chi connectivity index (χ0v) is 25.7. The molecule has 0 radical (unpaired) electrons. The minimum Gasteiger partial charge on any atom is -0.494 e. The zero-order chi connectivity index (χ0) is 31.7. The Bertz CT molecular complexity index is 2140. The highest BCUT2D eigenvalue weighted by atomic mass is 16.5. The summed E-state index contributed by atoms with van der Waals surface area (Å²) < 4.78 is 9.45. The number of carboxylic acids is 1. The minimum absolute atomic E-state index is 0.196. The normalized spacial score (nSPS) is 11.7. The number of benzene rings is 4. The van der Waals surface area contributed by atoms with Gasteiger partial charge in [0, 0.05) is 34.8 Å². The molecule has 4 aromatic carbocycles. The molecule has 0 amide bonds. The molecule has 0 atom stereocenters. The molecule has 2 aromatic heterocycles. The van der Waals surface area contributed by atoms with Crippen LogP contribution in [0, 0.1) is 6.92 Å². The van der Waals surface area contributed by atoms with E-state index >= 15 is 0 Å². The van der Waals surface area contributed by atoms with Crippen LogP contribution in [0.25, 0.3) is 33.2 Å². The molecule has 2 heterocycles. The Morgan fingerprint density at radius 1 is 1.00 bits per heavy atom. The highest BCUT2D eigenvalue weighted by Crippen LogP contribution is 2.34. The number of aromatic carboxylic acids is 1. The quantitative estimate of drug-likeness (QED) is 0.174. The van der Waals surface area contributed by atoms with E-state index in [-0.39, 0.29) is 17.0 Å². The molecule has 0 bridgehead atoms. The van der Waals surface area contributed by atoms with Crippen molar-refractivity contribution < 1.29 is 14.6 Å². The molecule has 0 saturated carbocycles. The molecule has 0 aliphatic carbocycles. The second-order valence-electron chi connectivity index (χ2n) is 11.3. The lowest BCUT2D eigenvalue weighted by atomic mass is 9.96. The molecule has 0 aliphatic heterocycles. The zero-order valence-electron chi connectivity index (χ0n) is 25.7. The molecule has 6 rings (SSSR count). The number of fused-ring (bicyclic) bond motifs is 2. The van der Waals surface area contributed by atoms with Crippen LogP contribution >= 0.6 is 0 Å². The number of hydrogen-bond donors (Lipinski definition) is 1. The molecule has 226 valence electrons. The van der Waals surface area contributed by atoms with E-state index in [0.29, 0.717) is 29.9 Å². The van der Waals surface area contributed by atoms with Crippen LogP contribution in [-0.4, -0.2) is 38.1 Å². The lowest BCUT2D eigenvalue weighted by Gasteiger charge is -2.18. The average Bonchev–Trinajstić information content (AvgIpc) is 3.38. The third-order valence-electron chi connectivity index (χ3n) is 7.96. The van der Waals surface area contributed by atoms with Crippen molar-refractivity contribution in [2.75, 3.05) is 6.61 Å². The smallest absolute Gasteiger partial charge is 0.335 e. The summed E-state index contributed by atoms with van der Waals surface area (Å²) >= 11 is 0. The summed E-state index contributed by atoms with van der Waals surface area (Å²) in [6.45, 7) is 9.30. The largest absolute Gasteiger partial charge is 0.494 e. The van der Waals surface area contributed by atoms with Gasteiger partial charge < -0.3 is 14.4 Å². The number of carbonyl (C=O) groups is 1. The number of para-hydroxylation sites is 2. The fourth-order valence-electron chi connectivity index (χ4n) is 5.65. The van der Waals surface area contributed by atoms with Gasteiger partial charge in [-0.15, -0.1) is 0 Å². The summed E-state index contributed by atoms with van der Waals surface area (Å²) in [5, 5.41) is 15.5. The Kier molecular flexibility index (Phi) is 8.04. The molecule has 0 fully saturated rings. The molecule has 8 nitrogen and oxygen atoms in total. The van der Waals surface area contributed by atoms with Gasteiger partial charge in [0.15, 0.2) is 5.82 Å². The highest BCUT2D eigenvalue weighted by molar-refractivity contribution is 5.99. The van der Waals surface area contributed by atoms with Gasteiger partial charge >= 0.3 is 5.97 Å². The maximum atomic E-state index is 14.0. The van der Waals surface area contributed by atoms with Gasteiger partial charge in [0.25, 0.3) is 5.56 Å². The molecule has 8 heteroatoms. The van der Waals surface area contributed by atoms with Gasteiger partial charge in [0.2, 0.25) is 0 Å². The minimum atomic E-state index is -0.954. The van der Waals surface area contributed by atoms with Crippen LogP contribution in [0.2, 0.25) is 0 Å². The number of rotatable bonds is 9. The van der Waals surface area contributed by atoms with Gasteiger partial charge in [-0.25, -0.2) is 9.78 Å². The van der Waals surface area contributed by atoms with Crippen LogP contribution in [0.4, 0.5) is 0 Å². The number of hydrogen-bond acceptors (Lipinski definition) is 5. The Morgan fingerprint density at radius 3 is 2.42 bits per heavy atom. The molecular weight excluding hydrogens is 564 g/mol. The number of aryl methyl sites for hydroxylation is 1. The van der Waals surface area contributed by atoms with E-state index in [1.54, 1.807) is 24.4 Å². The van der Waals surface area contributed by atoms with Crippen molar-refractivity contribution in [2.24, 2.45) is 5.10 Å². The first kappa shape index (κ1) is 29.6. The summed E-state index contributed by atoms with van der Waals surface area (Å²) in [6, 6.07) is 26.3. The molecule has 0 saturated heterocycles. The molecule has 1 N–H and O–H groups in total. The van der Waals surface area contributed by atoms with Crippen molar-refractivity contribution in [3.63, 3.8) is 0 Å². The van der Waals surface area contributed by atoms with Crippen molar-refractivity contribution in [2.45, 2.75) is 40.2 Å². The van der Waals surface area contributed by atoms with Crippen molar-refractivity contribution in [1.29, 1.82) is 0 Å². The molecule has 0 spiro atoms. The second kappa shape index (κ2) is 12.2. The fourth-order valence-corrected chi connectivity index (χ4v) is 5.65. The topological polar surface area (TPSA) is 98.7 Å². The first-order valence-corrected chi connectivity index (χ1v) is 15.0. The van der Waals surface area contributed by atoms with E-state index in [1.165, 1.54) is 4.68 Å². The van der Waals surface area contributed by atoms with Crippen LogP contribution in [0.1, 0.15) is 59.3 Å². The van der Waals surface area contributed by atoms with Gasteiger partial charge in [-0.1, -0.05) is 56.3 Å². The molecule has 0 unspecified atom stereocenters. The lowest BCUT2D eigenvalue weighted by molar-refractivity contribution is 0.0697. The van der Waals surface area contributed by atoms with Crippen molar-refractivity contribution in [3.05, 3.63) is 129 Å². The van der Waals surface area contributed by atoms with E-state index in [2.05, 4.69) is 24.5 Å². The fraction of sp³-hybridized carbons (Fsp3) is 0.189. The molecule has 0 aliphatic rings. The van der Waals surface area contributed by atoms with E-state index in [9.17, 15) is 14.7 Å². The van der Waals surface area contributed by atoms with Crippen LogP contribution < -0.4 is 10.3 Å². The maximum absolute atomic E-state index is 14.0. The summed E-state index contributed by atoms with van der Waals surface area (Å²) in [5.41, 5.74) is 6.18. The van der Waals surface area contributed by atoms with Crippen LogP contribution in [0.15, 0.2) is 101 Å². The second-order valence-corrected chi connectivity index (χ2v) is 11.3. The van der Waals surface area contributed by atoms with E-state index in [0.717, 1.165) is 44.5 Å². The van der Waals surface area contributed by atoms with Crippen molar-refractivity contribution in [1.82, 2.24) is 14.2 Å². The Balaban J connectivity index is 1.48. The molecular formula is C37H34N4O4. The first-order valence-electron chi connectivity index (χ1n) is 15.0. The Hall–Kier alpha value is -5.50. The summed E-state index contributed by atoms with van der Waals surface area (Å²) in [6.07, 6.45) is 3.71. The van der Waals surface area contributed by atoms with E-state index < -0.39 is 5.97 Å². The standard InChI is InChI=1S/C37H34N4O4/c1-5-45-34-18-24(4)31(19-30(34)23(2)3)35-39-32-12-8-6-11-29(32)36(42)41(35)38-20-27-22-40(33-13-9-7-10-28(27)33)21-25-14-16-26(17-15-25)37(43)44/h6-20,22-23H,5,21H2,1-4H3,(H,43,44). The summed E-state index contributed by atoms with van der Waals surface area (Å²) in [5.74, 6) is 0.531. The average molecular weight is 599 g/mol. The highest BCUT2D eigenvalue weighted by Gasteiger charge is 2.19. The van der Waals surface area contributed by atoms with Gasteiger partial charge in [0.05, 0.1) is 29.3 Å². The first-order chi connectivity index (χ1) is 21.7. The summed E-state index contributed by atoms with van der Waals surface area (Å²) in [7, 11) is 0. The predicted octanol–water partition coefficient (Wildman–Crippen LogP) is 7.48. The molecule has 6 aromatic rings. The van der Waals surface area contributed by atoms with Crippen molar-refractivity contribution in [3.8, 4) is 17.1 Å². The Morgan fingerprint density at radius 2 is 1.71 bits per heavy atom. The number of aromatic nitrogens is 3. The molecule has 45 heavy (non-hydrogen) atoms. The van der Waals surface area contributed by atoms with Crippen LogP contribution in [0.3, 0.4) is 0 Å². The maximum Gasteiger partial charge on any atom is 0.335 e. The third kappa shape index (κ3) is 5.74. The SMILES string of the molecule is CCOc1cc(C)c(-c2nc3ccccc3c(=O)n2N=Cc2cn(Cc3ccc(C(=O)O)cc3)c3ccccc23)cc1C(C)C. The van der Waals surface area contributed by atoms with E-state index in [1.807, 2.05) is 80.7 Å². The number of nitrogens with zero attached hydrogens (tertiary/aromatic N) is 4. The predicted molar refractivity (Wildman–Crippen MR) is 179 cm³/mol. The van der Waals surface area contributed by atoms with Crippen LogP contribution in [-0.2, 0) is 6.54 Å². The third-order valence-corrected chi connectivity index (χ3v) is 7.96. The van der Waals surface area contributed by atoms with Gasteiger partial charge in [0.1, 0.15) is 5.75 Å².